The van der Waals surface area contributed by atoms with E-state index in [1.165, 1.54) is 6.08 Å². The first-order chi connectivity index (χ1) is 9.54. The Morgan fingerprint density at radius 2 is 1.80 bits per heavy atom. The van der Waals surface area contributed by atoms with E-state index in [1.807, 2.05) is 0 Å². The van der Waals surface area contributed by atoms with Crippen molar-refractivity contribution in [2.45, 2.75) is 12.8 Å². The Kier molecular flexibility index (Phi) is 8.26. The highest BCUT2D eigenvalue weighted by Gasteiger charge is 2.13. The first-order valence-corrected chi connectivity index (χ1v) is 7.74. The molecule has 0 fully saturated rings. The van der Waals surface area contributed by atoms with Gasteiger partial charge in [-0.1, -0.05) is 39.1 Å². The molecule has 7 heteroatoms. The van der Waals surface area contributed by atoms with Crippen molar-refractivity contribution in [1.82, 2.24) is 0 Å². The lowest BCUT2D eigenvalue weighted by molar-refractivity contribution is 0.276. The van der Waals surface area contributed by atoms with Crippen molar-refractivity contribution in [2.24, 2.45) is 0 Å². The minimum atomic E-state index is -0.806. The second-order valence-corrected chi connectivity index (χ2v) is 5.57. The zero-order valence-electron chi connectivity index (χ0n) is 10.5. The Hall–Kier alpha value is -0.520. The van der Waals surface area contributed by atoms with E-state index >= 15 is 0 Å². The third-order valence-corrected chi connectivity index (χ3v) is 3.10. The second-order valence-electron chi connectivity index (χ2n) is 3.77. The van der Waals surface area contributed by atoms with Crippen LogP contribution >= 0.6 is 39.1 Å². The molecule has 0 aliphatic heterocycles. The van der Waals surface area contributed by atoms with Gasteiger partial charge in [0, 0.05) is 17.5 Å². The highest BCUT2D eigenvalue weighted by atomic mass is 79.9. The number of benzene rings is 1. The van der Waals surface area contributed by atoms with Crippen molar-refractivity contribution in [1.29, 1.82) is 0 Å². The first-order valence-electron chi connectivity index (χ1n) is 5.86. The Bertz CT molecular complexity index is 443. The highest BCUT2D eigenvalue weighted by Crippen LogP contribution is 2.27. The second kappa shape index (κ2) is 9.42. The Labute approximate surface area is 134 Å². The minimum absolute atomic E-state index is 0.0205. The van der Waals surface area contributed by atoms with Crippen molar-refractivity contribution in [3.63, 3.8) is 0 Å². The molecule has 0 heterocycles. The minimum Gasteiger partial charge on any atom is -0.489 e. The van der Waals surface area contributed by atoms with E-state index in [0.29, 0.717) is 6.42 Å². The van der Waals surface area contributed by atoms with Crippen LogP contribution in [-0.4, -0.2) is 18.5 Å². The predicted octanol–water partition coefficient (Wildman–Crippen LogP) is 5.22. The van der Waals surface area contributed by atoms with Crippen molar-refractivity contribution in [3.05, 3.63) is 34.3 Å². The first kappa shape index (κ1) is 17.5. The summed E-state index contributed by atoms with van der Waals surface area (Å²) in [5, 5.41) is 0.824. The summed E-state index contributed by atoms with van der Waals surface area (Å²) in [5.41, 5.74) is 0. The maximum Gasteiger partial charge on any atom is 0.190 e. The summed E-state index contributed by atoms with van der Waals surface area (Å²) in [6.45, 7) is 0.275. The molecule has 0 N–H and O–H groups in total. The van der Waals surface area contributed by atoms with Crippen molar-refractivity contribution >= 4 is 39.1 Å². The average molecular weight is 390 g/mol. The van der Waals surface area contributed by atoms with E-state index in [9.17, 15) is 8.78 Å². The van der Waals surface area contributed by atoms with Crippen LogP contribution in [0, 0.1) is 11.6 Å². The zero-order chi connectivity index (χ0) is 15.0. The predicted molar refractivity (Wildman–Crippen MR) is 80.2 cm³/mol. The van der Waals surface area contributed by atoms with Gasteiger partial charge in [-0.15, -0.1) is 0 Å². The number of hydrogen-bond donors (Lipinski definition) is 0. The van der Waals surface area contributed by atoms with E-state index in [2.05, 4.69) is 15.9 Å². The summed E-state index contributed by atoms with van der Waals surface area (Å²) in [4.78, 5) is 0. The molecule has 1 aromatic carbocycles. The average Bonchev–Trinajstić information content (AvgIpc) is 2.36. The fourth-order valence-corrected chi connectivity index (χ4v) is 1.85. The van der Waals surface area contributed by atoms with Gasteiger partial charge in [-0.3, -0.25) is 0 Å². The van der Waals surface area contributed by atoms with Crippen LogP contribution in [0.2, 0.25) is 0 Å². The molecular formula is C13H13BrCl2F2O2. The molecule has 1 rings (SSSR count). The van der Waals surface area contributed by atoms with Crippen LogP contribution in [0.25, 0.3) is 0 Å². The van der Waals surface area contributed by atoms with E-state index in [-0.39, 0.29) is 23.5 Å². The molecule has 0 radical (unpaired) electrons. The summed E-state index contributed by atoms with van der Waals surface area (Å²) in [5.74, 6) is -1.96. The quantitative estimate of drug-likeness (QED) is 0.448. The molecule has 0 saturated heterocycles. The highest BCUT2D eigenvalue weighted by molar-refractivity contribution is 9.09. The van der Waals surface area contributed by atoms with Gasteiger partial charge in [0.25, 0.3) is 0 Å². The summed E-state index contributed by atoms with van der Waals surface area (Å²) >= 11 is 14.0. The number of halogens is 5. The fourth-order valence-electron chi connectivity index (χ4n) is 1.33. The summed E-state index contributed by atoms with van der Waals surface area (Å²) in [7, 11) is 0. The Morgan fingerprint density at radius 3 is 2.35 bits per heavy atom. The summed E-state index contributed by atoms with van der Waals surface area (Å²) in [6, 6.07) is 2.11. The lowest BCUT2D eigenvalue weighted by Crippen LogP contribution is -2.03. The smallest absolute Gasteiger partial charge is 0.190 e. The summed E-state index contributed by atoms with van der Waals surface area (Å²) in [6.07, 6.45) is 2.95. The molecule has 0 aliphatic carbocycles. The summed E-state index contributed by atoms with van der Waals surface area (Å²) < 4.78 is 37.6. The standard InChI is InChI=1S/C13H13BrCl2F2O2/c14-4-1-2-5-20-13-10(17)7-9(8-11(13)18)19-6-3-12(15)16/h3,7-8H,1-2,4-6H2. The Morgan fingerprint density at radius 1 is 1.15 bits per heavy atom. The van der Waals surface area contributed by atoms with Gasteiger partial charge in [-0.2, -0.15) is 0 Å². The number of ether oxygens (including phenoxy) is 2. The van der Waals surface area contributed by atoms with Gasteiger partial charge < -0.3 is 9.47 Å². The molecule has 0 atom stereocenters. The lowest BCUT2D eigenvalue weighted by Gasteiger charge is -2.10. The van der Waals surface area contributed by atoms with E-state index in [4.69, 9.17) is 32.7 Å². The molecule has 2 nitrogen and oxygen atoms in total. The largest absolute Gasteiger partial charge is 0.489 e. The van der Waals surface area contributed by atoms with Crippen molar-refractivity contribution < 1.29 is 18.3 Å². The van der Waals surface area contributed by atoms with Crippen LogP contribution in [0.5, 0.6) is 11.5 Å². The third kappa shape index (κ3) is 6.29. The molecule has 0 amide bonds. The van der Waals surface area contributed by atoms with Crippen LogP contribution in [0.4, 0.5) is 8.78 Å². The van der Waals surface area contributed by atoms with Gasteiger partial charge in [-0.05, 0) is 18.9 Å². The monoisotopic (exact) mass is 388 g/mol. The van der Waals surface area contributed by atoms with Gasteiger partial charge in [-0.25, -0.2) is 8.78 Å². The SMILES string of the molecule is Fc1cc(OCC=C(Cl)Cl)cc(F)c1OCCCCBr. The van der Waals surface area contributed by atoms with Crippen LogP contribution in [-0.2, 0) is 0 Å². The molecule has 1 aromatic rings. The molecule has 112 valence electrons. The topological polar surface area (TPSA) is 18.5 Å². The van der Waals surface area contributed by atoms with Crippen LogP contribution in [0.3, 0.4) is 0 Å². The van der Waals surface area contributed by atoms with Gasteiger partial charge >= 0.3 is 0 Å². The van der Waals surface area contributed by atoms with Crippen LogP contribution in [0.15, 0.2) is 22.7 Å². The van der Waals surface area contributed by atoms with E-state index in [0.717, 1.165) is 23.9 Å². The zero-order valence-corrected chi connectivity index (χ0v) is 13.6. The number of alkyl halides is 1. The molecule has 0 aliphatic rings. The van der Waals surface area contributed by atoms with Crippen LogP contribution < -0.4 is 9.47 Å². The van der Waals surface area contributed by atoms with Gasteiger partial charge in [0.2, 0.25) is 0 Å². The molecule has 0 aromatic heterocycles. The molecule has 20 heavy (non-hydrogen) atoms. The molecule has 0 spiro atoms. The van der Waals surface area contributed by atoms with Gasteiger partial charge in [0.05, 0.1) is 6.61 Å². The van der Waals surface area contributed by atoms with Crippen LogP contribution in [0.1, 0.15) is 12.8 Å². The number of rotatable bonds is 8. The third-order valence-electron chi connectivity index (χ3n) is 2.23. The molecule has 0 unspecified atom stereocenters. The van der Waals surface area contributed by atoms with E-state index in [1.54, 1.807) is 0 Å². The Balaban J connectivity index is 2.63. The molecule has 0 bridgehead atoms. The lowest BCUT2D eigenvalue weighted by atomic mass is 10.3. The number of unbranched alkanes of at least 4 members (excludes halogenated alkanes) is 1. The number of hydrogen-bond acceptors (Lipinski definition) is 2. The molecule has 0 saturated carbocycles. The van der Waals surface area contributed by atoms with Crippen molar-refractivity contribution in [2.75, 3.05) is 18.5 Å². The molecular weight excluding hydrogens is 377 g/mol. The maximum absolute atomic E-state index is 13.7. The van der Waals surface area contributed by atoms with Gasteiger partial charge in [0.1, 0.15) is 16.8 Å². The fraction of sp³-hybridized carbons (Fsp3) is 0.385. The normalized spacial score (nSPS) is 10.2. The maximum atomic E-state index is 13.7. The van der Waals surface area contributed by atoms with Crippen molar-refractivity contribution in [3.8, 4) is 11.5 Å². The van der Waals surface area contributed by atoms with E-state index < -0.39 is 17.4 Å². The van der Waals surface area contributed by atoms with Gasteiger partial charge in [0.15, 0.2) is 17.4 Å².